The number of rotatable bonds is 2. The molecular formula is C28H28ClN. The highest BCUT2D eigenvalue weighted by Crippen LogP contribution is 2.38. The Hall–Kier alpha value is -2.61. The zero-order valence-electron chi connectivity index (χ0n) is 17.5. The minimum absolute atomic E-state index is 0. The zero-order valence-corrected chi connectivity index (χ0v) is 18.3. The molecule has 0 atom stereocenters. The van der Waals surface area contributed by atoms with E-state index in [0.717, 1.165) is 32.5 Å². The lowest BCUT2D eigenvalue weighted by Gasteiger charge is -2.30. The zero-order chi connectivity index (χ0) is 19.6. The summed E-state index contributed by atoms with van der Waals surface area (Å²) in [6.45, 7) is 5.49. The highest BCUT2D eigenvalue weighted by molar-refractivity contribution is 5.94. The third-order valence-electron chi connectivity index (χ3n) is 6.20. The molecule has 1 nitrogen and oxygen atoms in total. The van der Waals surface area contributed by atoms with Crippen LogP contribution in [0.4, 0.5) is 0 Å². The molecule has 1 aliphatic carbocycles. The van der Waals surface area contributed by atoms with Crippen LogP contribution in [0.1, 0.15) is 46.2 Å². The second kappa shape index (κ2) is 9.04. The van der Waals surface area contributed by atoms with Crippen LogP contribution in [0.5, 0.6) is 0 Å². The Kier molecular flexibility index (Phi) is 6.22. The van der Waals surface area contributed by atoms with Crippen LogP contribution in [0, 0.1) is 6.92 Å². The molecular weight excluding hydrogens is 386 g/mol. The Morgan fingerprint density at radius 1 is 0.733 bits per heavy atom. The van der Waals surface area contributed by atoms with Gasteiger partial charge < -0.3 is 0 Å². The van der Waals surface area contributed by atoms with Crippen molar-refractivity contribution in [2.45, 2.75) is 26.3 Å². The summed E-state index contributed by atoms with van der Waals surface area (Å²) in [7, 11) is 0. The highest BCUT2D eigenvalue weighted by Gasteiger charge is 2.22. The number of fused-ring (bicyclic) bond motifs is 2. The van der Waals surface area contributed by atoms with Crippen LogP contribution in [0.2, 0.25) is 0 Å². The molecule has 0 unspecified atom stereocenters. The summed E-state index contributed by atoms with van der Waals surface area (Å²) in [4.78, 5) is 2.60. The molecule has 0 bridgehead atoms. The van der Waals surface area contributed by atoms with Crippen LogP contribution >= 0.6 is 12.4 Å². The lowest BCUT2D eigenvalue weighted by atomic mass is 9.86. The number of aryl methyl sites for hydroxylation is 1. The molecule has 30 heavy (non-hydrogen) atoms. The van der Waals surface area contributed by atoms with E-state index in [-0.39, 0.29) is 12.4 Å². The van der Waals surface area contributed by atoms with E-state index in [1.165, 1.54) is 39.0 Å². The summed E-state index contributed by atoms with van der Waals surface area (Å²) in [6, 6.07) is 26.6. The van der Waals surface area contributed by atoms with E-state index in [1.807, 2.05) is 0 Å². The normalized spacial score (nSPS) is 15.8. The number of benzene rings is 3. The fourth-order valence-corrected chi connectivity index (χ4v) is 4.75. The first-order chi connectivity index (χ1) is 14.3. The molecule has 2 heteroatoms. The second-order valence-corrected chi connectivity index (χ2v) is 8.25. The average molecular weight is 414 g/mol. The van der Waals surface area contributed by atoms with Crippen molar-refractivity contribution in [1.29, 1.82) is 0 Å². The first-order valence-corrected chi connectivity index (χ1v) is 10.6. The standard InChI is InChI=1S/C28H27N.ClH/c1-21-7-6-8-22(19-21)20-29-17-15-25(16-18-29)28-26-11-4-2-9-23(26)13-14-24-10-3-5-12-27(24)28;/h2-14,19H,15-18,20H2,1H3;1H. The van der Waals surface area contributed by atoms with Gasteiger partial charge in [0.05, 0.1) is 0 Å². The van der Waals surface area contributed by atoms with Crippen LogP contribution in [-0.4, -0.2) is 18.0 Å². The van der Waals surface area contributed by atoms with Crippen molar-refractivity contribution in [2.24, 2.45) is 0 Å². The smallest absolute Gasteiger partial charge is 0.0234 e. The van der Waals surface area contributed by atoms with Crippen molar-refractivity contribution in [3.63, 3.8) is 0 Å². The van der Waals surface area contributed by atoms with Crippen molar-refractivity contribution in [3.05, 3.63) is 112 Å². The van der Waals surface area contributed by atoms with Gasteiger partial charge in [0, 0.05) is 19.6 Å². The van der Waals surface area contributed by atoms with E-state index in [4.69, 9.17) is 0 Å². The largest absolute Gasteiger partial charge is 0.298 e. The predicted octanol–water partition coefficient (Wildman–Crippen LogP) is 7.00. The van der Waals surface area contributed by atoms with Gasteiger partial charge in [-0.15, -0.1) is 12.4 Å². The number of hydrogen-bond acceptors (Lipinski definition) is 1. The van der Waals surface area contributed by atoms with Gasteiger partial charge in [0.1, 0.15) is 0 Å². The van der Waals surface area contributed by atoms with Gasteiger partial charge in [0.25, 0.3) is 0 Å². The SMILES string of the molecule is Cc1cccc(CN2CCC(=C3c4ccccc4C=Cc4ccccc43)CC2)c1.Cl. The quantitative estimate of drug-likeness (QED) is 0.342. The highest BCUT2D eigenvalue weighted by atomic mass is 35.5. The van der Waals surface area contributed by atoms with E-state index in [0.29, 0.717) is 0 Å². The number of hydrogen-bond donors (Lipinski definition) is 0. The summed E-state index contributed by atoms with van der Waals surface area (Å²) in [5, 5.41) is 0. The molecule has 0 aromatic heterocycles. The molecule has 1 saturated heterocycles. The Bertz CT molecular complexity index is 1050. The monoisotopic (exact) mass is 413 g/mol. The molecule has 1 aliphatic heterocycles. The van der Waals surface area contributed by atoms with Crippen LogP contribution in [0.3, 0.4) is 0 Å². The molecule has 0 radical (unpaired) electrons. The number of likely N-dealkylation sites (tertiary alicyclic amines) is 1. The van der Waals surface area contributed by atoms with Gasteiger partial charge in [-0.2, -0.15) is 0 Å². The maximum atomic E-state index is 2.60. The molecule has 0 N–H and O–H groups in total. The van der Waals surface area contributed by atoms with Crippen LogP contribution in [0.15, 0.2) is 78.4 Å². The topological polar surface area (TPSA) is 3.24 Å². The third-order valence-corrected chi connectivity index (χ3v) is 6.20. The van der Waals surface area contributed by atoms with Crippen molar-refractivity contribution < 1.29 is 0 Å². The molecule has 152 valence electrons. The van der Waals surface area contributed by atoms with E-state index in [2.05, 4.69) is 96.8 Å². The van der Waals surface area contributed by atoms with Gasteiger partial charge in [-0.25, -0.2) is 0 Å². The van der Waals surface area contributed by atoms with Gasteiger partial charge in [-0.3, -0.25) is 4.90 Å². The van der Waals surface area contributed by atoms with Crippen LogP contribution in [0.25, 0.3) is 17.7 Å². The van der Waals surface area contributed by atoms with E-state index in [1.54, 1.807) is 5.57 Å². The van der Waals surface area contributed by atoms with Gasteiger partial charge in [0.2, 0.25) is 0 Å². The molecule has 1 fully saturated rings. The Morgan fingerprint density at radius 2 is 1.33 bits per heavy atom. The number of nitrogens with zero attached hydrogens (tertiary/aromatic N) is 1. The number of piperidine rings is 1. The van der Waals surface area contributed by atoms with Crippen molar-refractivity contribution >= 4 is 30.1 Å². The first-order valence-electron chi connectivity index (χ1n) is 10.6. The molecule has 0 amide bonds. The molecule has 1 heterocycles. The van der Waals surface area contributed by atoms with E-state index in [9.17, 15) is 0 Å². The fraction of sp³-hybridized carbons (Fsp3) is 0.214. The Morgan fingerprint density at radius 3 is 1.93 bits per heavy atom. The van der Waals surface area contributed by atoms with E-state index < -0.39 is 0 Å². The minimum atomic E-state index is 0. The summed E-state index contributed by atoms with van der Waals surface area (Å²) >= 11 is 0. The second-order valence-electron chi connectivity index (χ2n) is 8.25. The van der Waals surface area contributed by atoms with Crippen LogP contribution < -0.4 is 0 Å². The lowest BCUT2D eigenvalue weighted by Crippen LogP contribution is -2.30. The van der Waals surface area contributed by atoms with Gasteiger partial charge >= 0.3 is 0 Å². The summed E-state index contributed by atoms with van der Waals surface area (Å²) < 4.78 is 0. The fourth-order valence-electron chi connectivity index (χ4n) is 4.75. The summed E-state index contributed by atoms with van der Waals surface area (Å²) in [6.07, 6.45) is 6.83. The maximum Gasteiger partial charge on any atom is 0.0234 e. The molecule has 2 aliphatic rings. The summed E-state index contributed by atoms with van der Waals surface area (Å²) in [5.74, 6) is 0. The minimum Gasteiger partial charge on any atom is -0.298 e. The predicted molar refractivity (Wildman–Crippen MR) is 131 cm³/mol. The average Bonchev–Trinajstić information content (AvgIpc) is 2.91. The molecule has 3 aromatic carbocycles. The Balaban J connectivity index is 0.00000218. The van der Waals surface area contributed by atoms with Gasteiger partial charge in [-0.1, -0.05) is 96.1 Å². The van der Waals surface area contributed by atoms with Crippen molar-refractivity contribution in [2.75, 3.05) is 13.1 Å². The molecule has 3 aromatic rings. The summed E-state index contributed by atoms with van der Waals surface area (Å²) in [5.41, 5.74) is 11.3. The Labute approximate surface area is 186 Å². The van der Waals surface area contributed by atoms with Crippen molar-refractivity contribution in [1.82, 2.24) is 4.90 Å². The van der Waals surface area contributed by atoms with E-state index >= 15 is 0 Å². The molecule has 5 rings (SSSR count). The maximum absolute atomic E-state index is 2.60. The van der Waals surface area contributed by atoms with Crippen molar-refractivity contribution in [3.8, 4) is 0 Å². The van der Waals surface area contributed by atoms with Gasteiger partial charge in [0.15, 0.2) is 0 Å². The molecule has 0 spiro atoms. The third kappa shape index (κ3) is 4.14. The molecule has 0 saturated carbocycles. The van der Waals surface area contributed by atoms with Gasteiger partial charge in [-0.05, 0) is 53.2 Å². The first kappa shape index (κ1) is 20.7. The lowest BCUT2D eigenvalue weighted by molar-refractivity contribution is 0.248. The van der Waals surface area contributed by atoms with Crippen LogP contribution in [-0.2, 0) is 6.54 Å². The number of halogens is 1.